The van der Waals surface area contributed by atoms with Crippen molar-refractivity contribution in [3.05, 3.63) is 70.8 Å². The van der Waals surface area contributed by atoms with Gasteiger partial charge in [-0.2, -0.15) is 0 Å². The Balaban J connectivity index is 1.49. The lowest BCUT2D eigenvalue weighted by Crippen LogP contribution is -2.42. The summed E-state index contributed by atoms with van der Waals surface area (Å²) in [5, 5.41) is 6.99. The molecule has 1 saturated heterocycles. The molecule has 1 unspecified atom stereocenters. The smallest absolute Gasteiger partial charge is 0.407 e. The molecular weight excluding hydrogens is 492 g/mol. The number of rotatable bonds is 6. The van der Waals surface area contributed by atoms with Gasteiger partial charge in [0.25, 0.3) is 0 Å². The van der Waals surface area contributed by atoms with E-state index >= 15 is 0 Å². The molecule has 5 atom stereocenters. The van der Waals surface area contributed by atoms with Gasteiger partial charge in [-0.3, -0.25) is 0 Å². The van der Waals surface area contributed by atoms with E-state index in [1.165, 1.54) is 28.7 Å². The first-order valence-corrected chi connectivity index (χ1v) is 15.6. The molecule has 4 nitrogen and oxygen atoms in total. The summed E-state index contributed by atoms with van der Waals surface area (Å²) in [6.45, 7) is 21.1. The van der Waals surface area contributed by atoms with E-state index in [0.717, 1.165) is 25.8 Å². The molecule has 1 aliphatic carbocycles. The quantitative estimate of drug-likeness (QED) is 0.383. The number of alkyl carbamates (subject to hydrolysis) is 1. The average molecular weight is 547 g/mol. The van der Waals surface area contributed by atoms with Gasteiger partial charge in [0, 0.05) is 24.5 Å². The first-order valence-electron chi connectivity index (χ1n) is 15.6. The molecular formula is C36H54N2O2. The highest BCUT2D eigenvalue weighted by molar-refractivity contribution is 5.68. The molecule has 220 valence electrons. The maximum atomic E-state index is 13.1. The minimum Gasteiger partial charge on any atom is -0.446 e. The van der Waals surface area contributed by atoms with Crippen LogP contribution in [0.25, 0.3) is 0 Å². The Morgan fingerprint density at radius 1 is 0.850 bits per heavy atom. The first kappa shape index (κ1) is 30.6. The van der Waals surface area contributed by atoms with Crippen molar-refractivity contribution in [2.24, 2.45) is 17.8 Å². The molecule has 2 fully saturated rings. The second-order valence-corrected chi connectivity index (χ2v) is 15.1. The molecule has 40 heavy (non-hydrogen) atoms. The van der Waals surface area contributed by atoms with Gasteiger partial charge in [0.1, 0.15) is 6.10 Å². The molecule has 4 rings (SSSR count). The van der Waals surface area contributed by atoms with Gasteiger partial charge in [0.05, 0.1) is 0 Å². The van der Waals surface area contributed by atoms with Gasteiger partial charge in [-0.15, -0.1) is 0 Å². The van der Waals surface area contributed by atoms with Crippen LogP contribution < -0.4 is 10.6 Å². The van der Waals surface area contributed by atoms with Gasteiger partial charge < -0.3 is 15.4 Å². The zero-order valence-corrected chi connectivity index (χ0v) is 26.5. The predicted molar refractivity (Wildman–Crippen MR) is 167 cm³/mol. The molecule has 2 aromatic rings. The van der Waals surface area contributed by atoms with E-state index < -0.39 is 0 Å². The second-order valence-electron chi connectivity index (χ2n) is 15.1. The average Bonchev–Trinajstić information content (AvgIpc) is 3.31. The number of carbonyl (C=O) groups excluding carboxylic acids is 1. The van der Waals surface area contributed by atoms with Gasteiger partial charge in [0.2, 0.25) is 0 Å². The number of hydrogen-bond donors (Lipinski definition) is 2. The van der Waals surface area contributed by atoms with Crippen LogP contribution in [0.15, 0.2) is 48.5 Å². The fourth-order valence-electron chi connectivity index (χ4n) is 6.76. The fraction of sp³-hybridized carbons (Fsp3) is 0.639. The lowest BCUT2D eigenvalue weighted by Gasteiger charge is -2.36. The summed E-state index contributed by atoms with van der Waals surface area (Å²) in [6.07, 6.45) is 3.98. The molecule has 2 N–H and O–H groups in total. The maximum absolute atomic E-state index is 13.1. The fourth-order valence-corrected chi connectivity index (χ4v) is 6.76. The summed E-state index contributed by atoms with van der Waals surface area (Å²) < 4.78 is 6.07. The molecule has 0 aromatic heterocycles. The van der Waals surface area contributed by atoms with Crippen molar-refractivity contribution < 1.29 is 9.53 Å². The number of amides is 1. The third kappa shape index (κ3) is 7.49. The van der Waals surface area contributed by atoms with Crippen LogP contribution in [-0.4, -0.2) is 30.8 Å². The number of carbonyl (C=O) groups is 1. The van der Waals surface area contributed by atoms with Crippen LogP contribution in [0.2, 0.25) is 0 Å². The highest BCUT2D eigenvalue weighted by atomic mass is 16.6. The predicted octanol–water partition coefficient (Wildman–Crippen LogP) is 8.33. The summed E-state index contributed by atoms with van der Waals surface area (Å²) in [7, 11) is 0. The van der Waals surface area contributed by atoms with E-state index in [-0.39, 0.29) is 41.0 Å². The Hall–Kier alpha value is -2.33. The van der Waals surface area contributed by atoms with Gasteiger partial charge in [-0.25, -0.2) is 4.79 Å². The zero-order chi connectivity index (χ0) is 29.2. The standard InChI is InChI=1S/C36H54N2O2/c1-23(2)30-19-10-24(3)20-32(30)40-34(39)38-29-21-31(37-22-29)33(25-11-15-27(16-12-25)35(4,5)6)26-13-17-28(18-14-26)36(7,8)9/h11-18,23-24,29-33,37H,10,19-22H2,1-9H3,(H,38,39)/t24-,29+,30+,31+,32?/m0/s1. The monoisotopic (exact) mass is 546 g/mol. The molecule has 0 radical (unpaired) electrons. The third-order valence-electron chi connectivity index (χ3n) is 9.38. The summed E-state index contributed by atoms with van der Waals surface area (Å²) in [6, 6.07) is 18.6. The van der Waals surface area contributed by atoms with E-state index in [0.29, 0.717) is 17.8 Å². The molecule has 2 aromatic carbocycles. The Morgan fingerprint density at radius 2 is 1.38 bits per heavy atom. The summed E-state index contributed by atoms with van der Waals surface area (Å²) >= 11 is 0. The van der Waals surface area contributed by atoms with E-state index in [2.05, 4.69) is 121 Å². The minimum absolute atomic E-state index is 0.0179. The van der Waals surface area contributed by atoms with Gasteiger partial charge >= 0.3 is 6.09 Å². The van der Waals surface area contributed by atoms with Crippen molar-refractivity contribution in [1.29, 1.82) is 0 Å². The Bertz CT molecular complexity index is 1050. The molecule has 1 aliphatic heterocycles. The van der Waals surface area contributed by atoms with Crippen molar-refractivity contribution in [1.82, 2.24) is 10.6 Å². The third-order valence-corrected chi connectivity index (χ3v) is 9.38. The van der Waals surface area contributed by atoms with Crippen LogP contribution >= 0.6 is 0 Å². The number of ether oxygens (including phenoxy) is 1. The van der Waals surface area contributed by atoms with Gasteiger partial charge in [-0.1, -0.05) is 117 Å². The van der Waals surface area contributed by atoms with Crippen molar-refractivity contribution in [2.45, 2.75) is 123 Å². The molecule has 0 spiro atoms. The Morgan fingerprint density at radius 3 is 1.85 bits per heavy atom. The number of nitrogens with one attached hydrogen (secondary N) is 2. The van der Waals surface area contributed by atoms with Crippen LogP contribution in [0.3, 0.4) is 0 Å². The Labute approximate surface area is 244 Å². The highest BCUT2D eigenvalue weighted by Crippen LogP contribution is 2.37. The van der Waals surface area contributed by atoms with Crippen molar-refractivity contribution >= 4 is 6.09 Å². The maximum Gasteiger partial charge on any atom is 0.407 e. The first-order chi connectivity index (χ1) is 18.7. The minimum atomic E-state index is -0.252. The van der Waals surface area contributed by atoms with Crippen LogP contribution in [-0.2, 0) is 15.6 Å². The lowest BCUT2D eigenvalue weighted by molar-refractivity contribution is 0.00518. The van der Waals surface area contributed by atoms with Crippen molar-refractivity contribution in [2.75, 3.05) is 6.54 Å². The van der Waals surface area contributed by atoms with Crippen LogP contribution in [0.1, 0.15) is 116 Å². The molecule has 0 bridgehead atoms. The molecule has 1 saturated carbocycles. The second kappa shape index (κ2) is 12.3. The highest BCUT2D eigenvalue weighted by Gasteiger charge is 2.36. The van der Waals surface area contributed by atoms with Crippen LogP contribution in [0, 0.1) is 17.8 Å². The summed E-state index contributed by atoms with van der Waals surface area (Å²) in [5.41, 5.74) is 5.55. The summed E-state index contributed by atoms with van der Waals surface area (Å²) in [5.74, 6) is 1.79. The van der Waals surface area contributed by atoms with E-state index in [1.807, 2.05) is 0 Å². The SMILES string of the molecule is CC(C)[C@H]1CC[C@H](C)CC1OC(=O)N[C@H]1CN[C@@H](C(c2ccc(C(C)(C)C)cc2)c2ccc(C(C)(C)C)cc2)C1. The van der Waals surface area contributed by atoms with Gasteiger partial charge in [-0.05, 0) is 70.1 Å². The normalized spacial score (nSPS) is 25.8. The van der Waals surface area contributed by atoms with Crippen LogP contribution in [0.4, 0.5) is 4.79 Å². The molecule has 2 aliphatic rings. The zero-order valence-electron chi connectivity index (χ0n) is 26.5. The van der Waals surface area contributed by atoms with Crippen molar-refractivity contribution in [3.63, 3.8) is 0 Å². The molecule has 1 amide bonds. The van der Waals surface area contributed by atoms with Crippen LogP contribution in [0.5, 0.6) is 0 Å². The lowest BCUT2D eigenvalue weighted by atomic mass is 9.75. The number of hydrogen-bond acceptors (Lipinski definition) is 3. The van der Waals surface area contributed by atoms with E-state index in [4.69, 9.17) is 4.74 Å². The summed E-state index contributed by atoms with van der Waals surface area (Å²) in [4.78, 5) is 13.1. The molecule has 1 heterocycles. The van der Waals surface area contributed by atoms with Gasteiger partial charge in [0.15, 0.2) is 0 Å². The Kier molecular flexibility index (Phi) is 9.39. The van der Waals surface area contributed by atoms with E-state index in [9.17, 15) is 4.79 Å². The topological polar surface area (TPSA) is 50.4 Å². The van der Waals surface area contributed by atoms with E-state index in [1.54, 1.807) is 0 Å². The number of benzene rings is 2. The largest absolute Gasteiger partial charge is 0.446 e. The van der Waals surface area contributed by atoms with Crippen molar-refractivity contribution in [3.8, 4) is 0 Å². The molecule has 4 heteroatoms.